The molecule has 0 bridgehead atoms. The fraction of sp³-hybridized carbons (Fsp3) is 0.636. The first kappa shape index (κ1) is 14.6. The summed E-state index contributed by atoms with van der Waals surface area (Å²) in [6, 6.07) is 0. The van der Waals surface area contributed by atoms with Crippen molar-refractivity contribution in [1.29, 1.82) is 0 Å². The maximum atomic E-state index is 5.50. The highest BCUT2D eigenvalue weighted by molar-refractivity contribution is 9.10. The summed E-state index contributed by atoms with van der Waals surface area (Å²) < 4.78 is 3.05. The molecule has 1 aromatic rings. The van der Waals surface area contributed by atoms with Crippen molar-refractivity contribution in [2.75, 3.05) is 13.6 Å². The van der Waals surface area contributed by atoms with Crippen molar-refractivity contribution >= 4 is 33.1 Å². The average molecular weight is 319 g/mol. The van der Waals surface area contributed by atoms with E-state index in [0.717, 1.165) is 36.1 Å². The molecular formula is C11H19BrN4S. The van der Waals surface area contributed by atoms with Gasteiger partial charge in [0.15, 0.2) is 0 Å². The van der Waals surface area contributed by atoms with Gasteiger partial charge in [-0.15, -0.1) is 0 Å². The standard InChI is InChI=1S/C11H19BrN4S/c1-4-8-11(12)9(16(3)14-8)7-15(2)6-5-10(13)17/h4-7H2,1-3H3,(H2,13,17). The van der Waals surface area contributed by atoms with E-state index in [9.17, 15) is 0 Å². The van der Waals surface area contributed by atoms with Crippen LogP contribution in [0.5, 0.6) is 0 Å². The Kier molecular flexibility index (Phi) is 5.55. The maximum absolute atomic E-state index is 5.50. The van der Waals surface area contributed by atoms with Gasteiger partial charge in [0.05, 0.1) is 20.8 Å². The van der Waals surface area contributed by atoms with E-state index in [-0.39, 0.29) is 0 Å². The molecule has 0 unspecified atom stereocenters. The van der Waals surface area contributed by atoms with Crippen molar-refractivity contribution in [1.82, 2.24) is 14.7 Å². The smallest absolute Gasteiger partial charge is 0.0767 e. The first-order valence-electron chi connectivity index (χ1n) is 5.62. The lowest BCUT2D eigenvalue weighted by Crippen LogP contribution is -2.24. The second-order valence-electron chi connectivity index (χ2n) is 4.14. The SMILES string of the molecule is CCc1nn(C)c(CN(C)CCC(N)=S)c1Br. The number of hydrogen-bond donors (Lipinski definition) is 1. The molecule has 1 heterocycles. The molecule has 0 spiro atoms. The van der Waals surface area contributed by atoms with Gasteiger partial charge in [-0.2, -0.15) is 5.10 Å². The molecule has 0 aromatic carbocycles. The van der Waals surface area contributed by atoms with Gasteiger partial charge >= 0.3 is 0 Å². The third kappa shape index (κ3) is 4.04. The van der Waals surface area contributed by atoms with Crippen molar-refractivity contribution in [3.8, 4) is 0 Å². The second-order valence-corrected chi connectivity index (χ2v) is 5.46. The van der Waals surface area contributed by atoms with Crippen LogP contribution in [0.4, 0.5) is 0 Å². The van der Waals surface area contributed by atoms with Gasteiger partial charge in [-0.25, -0.2) is 0 Å². The molecule has 96 valence electrons. The normalized spacial score (nSPS) is 11.1. The van der Waals surface area contributed by atoms with Crippen LogP contribution in [-0.2, 0) is 20.0 Å². The quantitative estimate of drug-likeness (QED) is 0.813. The predicted molar refractivity (Wildman–Crippen MR) is 78.0 cm³/mol. The van der Waals surface area contributed by atoms with Gasteiger partial charge < -0.3 is 10.6 Å². The van der Waals surface area contributed by atoms with Crippen molar-refractivity contribution in [2.45, 2.75) is 26.3 Å². The zero-order chi connectivity index (χ0) is 13.0. The molecule has 0 radical (unpaired) electrons. The number of hydrogen-bond acceptors (Lipinski definition) is 3. The summed E-state index contributed by atoms with van der Waals surface area (Å²) in [6.45, 7) is 3.81. The summed E-state index contributed by atoms with van der Waals surface area (Å²) in [6.07, 6.45) is 1.69. The zero-order valence-electron chi connectivity index (χ0n) is 10.5. The molecular weight excluding hydrogens is 300 g/mol. The first-order valence-corrected chi connectivity index (χ1v) is 6.82. The van der Waals surface area contributed by atoms with E-state index in [0.29, 0.717) is 4.99 Å². The van der Waals surface area contributed by atoms with Crippen LogP contribution in [0.1, 0.15) is 24.7 Å². The van der Waals surface area contributed by atoms with E-state index in [4.69, 9.17) is 18.0 Å². The molecule has 0 atom stereocenters. The Labute approximate surface area is 116 Å². The summed E-state index contributed by atoms with van der Waals surface area (Å²) in [5.74, 6) is 0. The first-order chi connectivity index (χ1) is 7.95. The Balaban J connectivity index is 2.67. The summed E-state index contributed by atoms with van der Waals surface area (Å²) in [7, 11) is 4.03. The number of thiocarbonyl (C=S) groups is 1. The van der Waals surface area contributed by atoms with Crippen LogP contribution in [0.2, 0.25) is 0 Å². The highest BCUT2D eigenvalue weighted by Gasteiger charge is 2.13. The van der Waals surface area contributed by atoms with E-state index < -0.39 is 0 Å². The summed E-state index contributed by atoms with van der Waals surface area (Å²) in [4.78, 5) is 2.76. The van der Waals surface area contributed by atoms with Gasteiger partial charge in [0, 0.05) is 26.6 Å². The van der Waals surface area contributed by atoms with Gasteiger partial charge in [-0.05, 0) is 29.4 Å². The lowest BCUT2D eigenvalue weighted by molar-refractivity contribution is 0.326. The summed E-state index contributed by atoms with van der Waals surface area (Å²) in [5, 5.41) is 4.47. The highest BCUT2D eigenvalue weighted by Crippen LogP contribution is 2.22. The lowest BCUT2D eigenvalue weighted by atomic mass is 10.3. The molecule has 6 heteroatoms. The van der Waals surface area contributed by atoms with Crippen molar-refractivity contribution in [3.05, 3.63) is 15.9 Å². The minimum absolute atomic E-state index is 0.565. The molecule has 0 saturated carbocycles. The Morgan fingerprint density at radius 3 is 2.71 bits per heavy atom. The molecule has 2 N–H and O–H groups in total. The topological polar surface area (TPSA) is 47.1 Å². The third-order valence-electron chi connectivity index (χ3n) is 2.66. The number of rotatable bonds is 6. The van der Waals surface area contributed by atoms with Crippen molar-refractivity contribution in [3.63, 3.8) is 0 Å². The molecule has 0 aliphatic rings. The molecule has 1 rings (SSSR count). The fourth-order valence-corrected chi connectivity index (χ4v) is 2.46. The van der Waals surface area contributed by atoms with Crippen molar-refractivity contribution < 1.29 is 0 Å². The van der Waals surface area contributed by atoms with Crippen molar-refractivity contribution in [2.24, 2.45) is 12.8 Å². The fourth-order valence-electron chi connectivity index (χ4n) is 1.63. The van der Waals surface area contributed by atoms with Gasteiger partial charge in [-0.3, -0.25) is 4.68 Å². The van der Waals surface area contributed by atoms with Crippen LogP contribution < -0.4 is 5.73 Å². The lowest BCUT2D eigenvalue weighted by Gasteiger charge is -2.16. The molecule has 0 aliphatic carbocycles. The Bertz CT molecular complexity index is 402. The molecule has 0 aliphatic heterocycles. The van der Waals surface area contributed by atoms with E-state index in [1.54, 1.807) is 0 Å². The summed E-state index contributed by atoms with van der Waals surface area (Å²) in [5.41, 5.74) is 7.79. The Hall–Kier alpha value is -0.460. The van der Waals surface area contributed by atoms with Gasteiger partial charge in [-0.1, -0.05) is 19.1 Å². The molecule has 1 aromatic heterocycles. The molecule has 0 saturated heterocycles. The van der Waals surface area contributed by atoms with E-state index in [1.807, 2.05) is 11.7 Å². The van der Waals surface area contributed by atoms with Gasteiger partial charge in [0.25, 0.3) is 0 Å². The van der Waals surface area contributed by atoms with Gasteiger partial charge in [0.1, 0.15) is 0 Å². The highest BCUT2D eigenvalue weighted by atomic mass is 79.9. The zero-order valence-corrected chi connectivity index (χ0v) is 12.9. The number of nitrogens with two attached hydrogens (primary N) is 1. The third-order valence-corrected chi connectivity index (χ3v) is 3.78. The van der Waals surface area contributed by atoms with Crippen LogP contribution in [0.3, 0.4) is 0 Å². The maximum Gasteiger partial charge on any atom is 0.0767 e. The minimum atomic E-state index is 0.565. The van der Waals surface area contributed by atoms with Crippen LogP contribution in [-0.4, -0.2) is 33.3 Å². The number of aryl methyl sites for hydroxylation is 2. The van der Waals surface area contributed by atoms with Crippen LogP contribution in [0.25, 0.3) is 0 Å². The molecule has 4 nitrogen and oxygen atoms in total. The molecule has 0 fully saturated rings. The molecule has 17 heavy (non-hydrogen) atoms. The van der Waals surface area contributed by atoms with Crippen LogP contribution in [0.15, 0.2) is 4.47 Å². The van der Waals surface area contributed by atoms with Gasteiger partial charge in [0.2, 0.25) is 0 Å². The molecule has 0 amide bonds. The number of aromatic nitrogens is 2. The van der Waals surface area contributed by atoms with E-state index in [1.165, 1.54) is 5.69 Å². The van der Waals surface area contributed by atoms with Crippen LogP contribution in [0, 0.1) is 0 Å². The number of halogens is 1. The van der Waals surface area contributed by atoms with E-state index >= 15 is 0 Å². The Morgan fingerprint density at radius 1 is 1.59 bits per heavy atom. The Morgan fingerprint density at radius 2 is 2.24 bits per heavy atom. The second kappa shape index (κ2) is 6.47. The van der Waals surface area contributed by atoms with Crippen LogP contribution >= 0.6 is 28.1 Å². The monoisotopic (exact) mass is 318 g/mol. The summed E-state index contributed by atoms with van der Waals surface area (Å²) >= 11 is 8.49. The minimum Gasteiger partial charge on any atom is -0.393 e. The predicted octanol–water partition coefficient (Wildman–Crippen LogP) is 1.85. The number of nitrogens with zero attached hydrogens (tertiary/aromatic N) is 3. The van der Waals surface area contributed by atoms with E-state index in [2.05, 4.69) is 39.9 Å². The largest absolute Gasteiger partial charge is 0.393 e. The average Bonchev–Trinajstić information content (AvgIpc) is 2.53.